The minimum Gasteiger partial charge on any atom is -0.481 e. The molecule has 9 N–H and O–H groups in total. The van der Waals surface area contributed by atoms with Crippen molar-refractivity contribution in [2.24, 2.45) is 5.73 Å². The number of carboxylic acids is 1. The molecule has 0 bridgehead atoms. The first-order chi connectivity index (χ1) is 16.9. The van der Waals surface area contributed by atoms with Gasteiger partial charge in [-0.15, -0.1) is 0 Å². The number of methoxy groups -OCH3 is 1. The van der Waals surface area contributed by atoms with E-state index in [1.54, 1.807) is 0 Å². The van der Waals surface area contributed by atoms with Crippen LogP contribution in [0.1, 0.15) is 26.7 Å². The number of nitrogens with two attached hydrogens (primary N) is 1. The smallest absolute Gasteiger partial charge is 0.303 e. The van der Waals surface area contributed by atoms with Gasteiger partial charge in [0.15, 0.2) is 6.29 Å². The van der Waals surface area contributed by atoms with E-state index >= 15 is 0 Å². The van der Waals surface area contributed by atoms with Gasteiger partial charge >= 0.3 is 5.97 Å². The largest absolute Gasteiger partial charge is 0.481 e. The molecule has 0 aliphatic carbocycles. The number of nitrogens with one attached hydrogen (secondary N) is 3. The second-order valence-corrected chi connectivity index (χ2v) is 8.07. The van der Waals surface area contributed by atoms with E-state index in [1.807, 2.05) is 0 Å². The normalized spacial score (nSPS) is 26.2. The maximum atomic E-state index is 12.7. The fraction of sp³-hybridized carbons (Fsp3) is 0.750. The number of carbonyl (C=O) groups is 5. The number of hydrogen-bond donors (Lipinski definition) is 8. The van der Waals surface area contributed by atoms with Crippen LogP contribution >= 0.6 is 0 Å². The van der Waals surface area contributed by atoms with E-state index in [0.717, 1.165) is 0 Å². The molecule has 16 nitrogen and oxygen atoms in total. The molecule has 0 saturated carbocycles. The maximum absolute atomic E-state index is 12.7. The van der Waals surface area contributed by atoms with E-state index < -0.39 is 98.1 Å². The summed E-state index contributed by atoms with van der Waals surface area (Å²) in [6, 6.07) is -3.65. The molecule has 0 aromatic rings. The monoisotopic (exact) mass is 522 g/mol. The second-order valence-electron chi connectivity index (χ2n) is 8.07. The average Bonchev–Trinajstić information content (AvgIpc) is 2.83. The number of rotatable bonds is 14. The summed E-state index contributed by atoms with van der Waals surface area (Å²) in [4.78, 5) is 59.0. The molecule has 16 heteroatoms. The Morgan fingerprint density at radius 1 is 1.08 bits per heavy atom. The van der Waals surface area contributed by atoms with Gasteiger partial charge in [-0.2, -0.15) is 0 Å². The first-order valence-corrected chi connectivity index (χ1v) is 11.0. The third-order valence-corrected chi connectivity index (χ3v) is 5.35. The quantitative estimate of drug-likeness (QED) is 0.107. The van der Waals surface area contributed by atoms with Crippen LogP contribution in [0.4, 0.5) is 0 Å². The van der Waals surface area contributed by atoms with Crippen LogP contribution in [0.3, 0.4) is 0 Å². The van der Waals surface area contributed by atoms with Crippen LogP contribution in [0.25, 0.3) is 0 Å². The SMILES string of the molecule is CO[C@@H]1O[C@H](CO)[C@@H](O)[C@H](O[C@H](C)C(=O)N[C@@H](C)C(=O)N[C@H](CCC(=O)O)C(N)=O)[C@H]1NC(=O)CO. The molecule has 206 valence electrons. The number of carbonyl (C=O) groups excluding carboxylic acids is 4. The molecular weight excluding hydrogens is 488 g/mol. The van der Waals surface area contributed by atoms with Crippen molar-refractivity contribution >= 4 is 29.6 Å². The van der Waals surface area contributed by atoms with Gasteiger partial charge in [-0.3, -0.25) is 24.0 Å². The Morgan fingerprint density at radius 3 is 2.22 bits per heavy atom. The van der Waals surface area contributed by atoms with Gasteiger partial charge in [0, 0.05) is 13.5 Å². The third-order valence-electron chi connectivity index (χ3n) is 5.35. The van der Waals surface area contributed by atoms with Crippen molar-refractivity contribution in [1.29, 1.82) is 0 Å². The van der Waals surface area contributed by atoms with Crippen molar-refractivity contribution in [3.63, 3.8) is 0 Å². The van der Waals surface area contributed by atoms with Gasteiger partial charge in [0.05, 0.1) is 6.61 Å². The van der Waals surface area contributed by atoms with E-state index in [2.05, 4.69) is 16.0 Å². The van der Waals surface area contributed by atoms with Crippen molar-refractivity contribution in [1.82, 2.24) is 16.0 Å². The summed E-state index contributed by atoms with van der Waals surface area (Å²) in [7, 11) is 1.23. The molecule has 1 saturated heterocycles. The number of hydrogen-bond acceptors (Lipinski definition) is 11. The lowest BCUT2D eigenvalue weighted by atomic mass is 9.96. The summed E-state index contributed by atoms with van der Waals surface area (Å²) in [5.41, 5.74) is 5.18. The fourth-order valence-corrected chi connectivity index (χ4v) is 3.36. The lowest BCUT2D eigenvalue weighted by molar-refractivity contribution is -0.274. The third kappa shape index (κ3) is 8.96. The van der Waals surface area contributed by atoms with E-state index in [9.17, 15) is 34.2 Å². The highest BCUT2D eigenvalue weighted by Gasteiger charge is 2.48. The summed E-state index contributed by atoms with van der Waals surface area (Å²) in [6.07, 6.45) is -7.23. The van der Waals surface area contributed by atoms with Gasteiger partial charge in [-0.25, -0.2) is 0 Å². The highest BCUT2D eigenvalue weighted by atomic mass is 16.7. The van der Waals surface area contributed by atoms with Crippen LogP contribution in [-0.2, 0) is 38.2 Å². The molecule has 0 radical (unpaired) electrons. The predicted molar refractivity (Wildman–Crippen MR) is 118 cm³/mol. The fourth-order valence-electron chi connectivity index (χ4n) is 3.36. The molecule has 36 heavy (non-hydrogen) atoms. The Kier molecular flexibility index (Phi) is 12.6. The Balaban J connectivity index is 2.88. The van der Waals surface area contributed by atoms with Crippen LogP contribution < -0.4 is 21.7 Å². The first-order valence-electron chi connectivity index (χ1n) is 11.0. The second kappa shape index (κ2) is 14.6. The van der Waals surface area contributed by atoms with Crippen LogP contribution in [0.2, 0.25) is 0 Å². The molecule has 1 heterocycles. The van der Waals surface area contributed by atoms with Crippen LogP contribution in [0, 0.1) is 0 Å². The van der Waals surface area contributed by atoms with Crippen LogP contribution in [0.15, 0.2) is 0 Å². The number of aliphatic carboxylic acids is 1. The van der Waals surface area contributed by atoms with E-state index in [1.165, 1.54) is 21.0 Å². The van der Waals surface area contributed by atoms with Gasteiger partial charge in [0.25, 0.3) is 0 Å². The molecule has 8 atom stereocenters. The highest BCUT2D eigenvalue weighted by molar-refractivity contribution is 5.92. The van der Waals surface area contributed by atoms with E-state index in [-0.39, 0.29) is 6.42 Å². The number of aliphatic hydroxyl groups is 3. The first kappa shape index (κ1) is 31.1. The van der Waals surface area contributed by atoms with Gasteiger partial charge in [-0.05, 0) is 20.3 Å². The zero-order chi connectivity index (χ0) is 27.6. The van der Waals surface area contributed by atoms with Crippen molar-refractivity contribution in [3.8, 4) is 0 Å². The average molecular weight is 523 g/mol. The van der Waals surface area contributed by atoms with Gasteiger partial charge in [0.2, 0.25) is 23.6 Å². The molecule has 1 fully saturated rings. The summed E-state index contributed by atoms with van der Waals surface area (Å²) >= 11 is 0. The maximum Gasteiger partial charge on any atom is 0.303 e. The number of aliphatic hydroxyl groups excluding tert-OH is 3. The highest BCUT2D eigenvalue weighted by Crippen LogP contribution is 2.25. The van der Waals surface area contributed by atoms with Crippen LogP contribution in [0.5, 0.6) is 0 Å². The summed E-state index contributed by atoms with van der Waals surface area (Å²) in [6.45, 7) is 1.07. The van der Waals surface area contributed by atoms with Crippen molar-refractivity contribution in [2.45, 2.75) is 75.5 Å². The van der Waals surface area contributed by atoms with Crippen molar-refractivity contribution in [3.05, 3.63) is 0 Å². The number of primary amides is 1. The molecule has 1 rings (SSSR count). The van der Waals surface area contributed by atoms with E-state index in [4.69, 9.17) is 30.2 Å². The molecule has 0 spiro atoms. The summed E-state index contributed by atoms with van der Waals surface area (Å²) in [5, 5.41) is 44.8. The van der Waals surface area contributed by atoms with Gasteiger partial charge in [-0.1, -0.05) is 0 Å². The predicted octanol–water partition coefficient (Wildman–Crippen LogP) is -4.70. The Hall–Kier alpha value is -2.89. The topological polar surface area (TPSA) is 256 Å². The van der Waals surface area contributed by atoms with Crippen LogP contribution in [-0.4, -0.2) is 119 Å². The van der Waals surface area contributed by atoms with Crippen molar-refractivity contribution in [2.75, 3.05) is 20.3 Å². The molecule has 0 aromatic carbocycles. The lowest BCUT2D eigenvalue weighted by Gasteiger charge is -2.44. The molecule has 1 aliphatic rings. The molecule has 0 unspecified atom stereocenters. The Labute approximate surface area is 206 Å². The molecule has 0 aromatic heterocycles. The summed E-state index contributed by atoms with van der Waals surface area (Å²) in [5.74, 6) is -4.62. The van der Waals surface area contributed by atoms with Crippen molar-refractivity contribution < 1.29 is 58.6 Å². The Morgan fingerprint density at radius 2 is 1.72 bits per heavy atom. The minimum atomic E-state index is -1.52. The lowest BCUT2D eigenvalue weighted by Crippen LogP contribution is -2.66. The van der Waals surface area contributed by atoms with Gasteiger partial charge < -0.3 is 56.3 Å². The standard InChI is InChI=1S/C20H34N4O12/c1-8(18(32)23-10(17(21)31)4-5-13(28)29)22-19(33)9(2)35-16-14(24-12(27)7-26)20(34-3)36-11(6-25)15(16)30/h8-11,14-16,20,25-26,30H,4-7H2,1-3H3,(H2,21,31)(H,22,33)(H,23,32)(H,24,27)(H,28,29)/t8-,9+,10+,11+,14+,15+,16+,20+/m0/s1. The molecule has 1 aliphatic heterocycles. The Bertz CT molecular complexity index is 797. The zero-order valence-corrected chi connectivity index (χ0v) is 20.1. The zero-order valence-electron chi connectivity index (χ0n) is 20.1. The molecule has 4 amide bonds. The summed E-state index contributed by atoms with van der Waals surface area (Å²) < 4.78 is 16.2. The van der Waals surface area contributed by atoms with E-state index in [0.29, 0.717) is 0 Å². The van der Waals surface area contributed by atoms with Gasteiger partial charge in [0.1, 0.15) is 49.1 Å². The number of ether oxygens (including phenoxy) is 3. The number of carboxylic acid groups (broad SMARTS) is 1. The minimum absolute atomic E-state index is 0.244. The molecular formula is C20H34N4O12. The number of amides is 4.